The number of carbonyl (C=O) groups excluding carboxylic acids is 1. The molecule has 2 aromatic heterocycles. The Morgan fingerprint density at radius 1 is 1.22 bits per heavy atom. The Labute approximate surface area is 156 Å². The van der Waals surface area contributed by atoms with Crippen LogP contribution in [0.25, 0.3) is 11.4 Å². The molecule has 1 aliphatic heterocycles. The molecule has 1 atom stereocenters. The van der Waals surface area contributed by atoms with Crippen molar-refractivity contribution in [3.8, 4) is 11.4 Å². The van der Waals surface area contributed by atoms with E-state index in [2.05, 4.69) is 25.8 Å². The first-order chi connectivity index (χ1) is 13.3. The van der Waals surface area contributed by atoms with Crippen molar-refractivity contribution in [3.05, 3.63) is 60.4 Å². The number of anilines is 1. The third-order valence-electron chi connectivity index (χ3n) is 4.38. The van der Waals surface area contributed by atoms with Crippen LogP contribution in [0.3, 0.4) is 0 Å². The van der Waals surface area contributed by atoms with E-state index in [1.54, 1.807) is 6.20 Å². The van der Waals surface area contributed by atoms with Crippen molar-refractivity contribution in [1.29, 1.82) is 0 Å². The summed E-state index contributed by atoms with van der Waals surface area (Å²) in [7, 11) is 0. The van der Waals surface area contributed by atoms with Crippen molar-refractivity contribution < 1.29 is 9.32 Å². The van der Waals surface area contributed by atoms with E-state index in [0.29, 0.717) is 38.0 Å². The van der Waals surface area contributed by atoms with Crippen LogP contribution in [0.1, 0.15) is 5.69 Å². The molecule has 0 bridgehead atoms. The molecular weight excluding hydrogens is 344 g/mol. The molecule has 0 unspecified atom stereocenters. The standard InChI is InChI=1S/C19H20N6O2/c26-18(22-12-15-8-4-5-9-20-15)16-13-25(11-10-21-16)19-23-17(24-27-19)14-6-2-1-3-7-14/h1-9,16,21H,10-13H2,(H,22,26)/t16-/m0/s1. The van der Waals surface area contributed by atoms with Gasteiger partial charge in [-0.3, -0.25) is 9.78 Å². The first kappa shape index (κ1) is 17.2. The minimum atomic E-state index is -0.352. The number of rotatable bonds is 5. The number of hydrogen-bond donors (Lipinski definition) is 2. The van der Waals surface area contributed by atoms with Gasteiger partial charge in [0.2, 0.25) is 11.7 Å². The first-order valence-corrected chi connectivity index (χ1v) is 8.85. The van der Waals surface area contributed by atoms with Crippen molar-refractivity contribution in [1.82, 2.24) is 25.8 Å². The maximum atomic E-state index is 12.5. The second-order valence-corrected chi connectivity index (χ2v) is 6.26. The molecule has 0 saturated carbocycles. The zero-order chi connectivity index (χ0) is 18.5. The maximum Gasteiger partial charge on any atom is 0.324 e. The van der Waals surface area contributed by atoms with Gasteiger partial charge in [-0.15, -0.1) is 0 Å². The average molecular weight is 364 g/mol. The SMILES string of the molecule is O=C(NCc1ccccn1)[C@@H]1CN(c2nc(-c3ccccc3)no2)CCN1. The number of nitrogens with zero attached hydrogens (tertiary/aromatic N) is 4. The molecule has 3 aromatic rings. The van der Waals surface area contributed by atoms with E-state index in [9.17, 15) is 4.79 Å². The summed E-state index contributed by atoms with van der Waals surface area (Å²) < 4.78 is 5.41. The number of pyridine rings is 1. The molecule has 138 valence electrons. The molecule has 1 amide bonds. The lowest BCUT2D eigenvalue weighted by Gasteiger charge is -2.31. The van der Waals surface area contributed by atoms with Crippen molar-refractivity contribution in [2.45, 2.75) is 12.6 Å². The molecule has 0 aliphatic carbocycles. The zero-order valence-corrected chi connectivity index (χ0v) is 14.7. The summed E-state index contributed by atoms with van der Waals surface area (Å²) in [4.78, 5) is 23.1. The molecule has 1 saturated heterocycles. The van der Waals surface area contributed by atoms with Crippen molar-refractivity contribution in [2.24, 2.45) is 0 Å². The van der Waals surface area contributed by atoms with Crippen LogP contribution < -0.4 is 15.5 Å². The summed E-state index contributed by atoms with van der Waals surface area (Å²) in [5, 5.41) is 10.2. The van der Waals surface area contributed by atoms with Crippen LogP contribution in [0, 0.1) is 0 Å². The molecular formula is C19H20N6O2. The second-order valence-electron chi connectivity index (χ2n) is 6.26. The van der Waals surface area contributed by atoms with Crippen LogP contribution in [-0.4, -0.2) is 46.7 Å². The summed E-state index contributed by atoms with van der Waals surface area (Å²) in [6.07, 6.45) is 1.71. The van der Waals surface area contributed by atoms with Gasteiger partial charge >= 0.3 is 6.01 Å². The van der Waals surface area contributed by atoms with Crippen LogP contribution in [0.4, 0.5) is 6.01 Å². The Morgan fingerprint density at radius 3 is 2.89 bits per heavy atom. The normalized spacial score (nSPS) is 16.9. The molecule has 1 aromatic carbocycles. The van der Waals surface area contributed by atoms with Gasteiger partial charge in [-0.2, -0.15) is 4.98 Å². The number of carbonyl (C=O) groups is 1. The molecule has 0 radical (unpaired) electrons. The zero-order valence-electron chi connectivity index (χ0n) is 14.7. The minimum Gasteiger partial charge on any atom is -0.349 e. The first-order valence-electron chi connectivity index (χ1n) is 8.85. The van der Waals surface area contributed by atoms with E-state index >= 15 is 0 Å². The van der Waals surface area contributed by atoms with Gasteiger partial charge in [-0.05, 0) is 12.1 Å². The largest absolute Gasteiger partial charge is 0.349 e. The lowest BCUT2D eigenvalue weighted by Crippen LogP contribution is -2.57. The highest BCUT2D eigenvalue weighted by atomic mass is 16.5. The minimum absolute atomic E-state index is 0.0758. The van der Waals surface area contributed by atoms with E-state index < -0.39 is 0 Å². The fourth-order valence-electron chi connectivity index (χ4n) is 2.95. The predicted molar refractivity (Wildman–Crippen MR) is 99.8 cm³/mol. The van der Waals surface area contributed by atoms with Gasteiger partial charge in [0.05, 0.1) is 12.2 Å². The van der Waals surface area contributed by atoms with Gasteiger partial charge in [0.15, 0.2) is 0 Å². The van der Waals surface area contributed by atoms with E-state index in [4.69, 9.17) is 4.52 Å². The summed E-state index contributed by atoms with van der Waals surface area (Å²) >= 11 is 0. The third-order valence-corrected chi connectivity index (χ3v) is 4.38. The summed E-state index contributed by atoms with van der Waals surface area (Å²) in [6, 6.07) is 15.4. The summed E-state index contributed by atoms with van der Waals surface area (Å²) in [5.41, 5.74) is 1.72. The second kappa shape index (κ2) is 7.96. The Bertz CT molecular complexity index is 883. The highest BCUT2D eigenvalue weighted by molar-refractivity contribution is 5.82. The number of amides is 1. The quantitative estimate of drug-likeness (QED) is 0.703. The van der Waals surface area contributed by atoms with Crippen molar-refractivity contribution >= 4 is 11.9 Å². The highest BCUT2D eigenvalue weighted by Gasteiger charge is 2.28. The number of nitrogens with one attached hydrogen (secondary N) is 2. The molecule has 1 aliphatic rings. The van der Waals surface area contributed by atoms with E-state index in [1.807, 2.05) is 53.4 Å². The van der Waals surface area contributed by atoms with Crippen LogP contribution in [0.15, 0.2) is 59.3 Å². The molecule has 2 N–H and O–H groups in total. The molecule has 0 spiro atoms. The predicted octanol–water partition coefficient (Wildman–Crippen LogP) is 1.23. The fourth-order valence-corrected chi connectivity index (χ4v) is 2.95. The topological polar surface area (TPSA) is 96.2 Å². The molecule has 4 rings (SSSR count). The molecule has 27 heavy (non-hydrogen) atoms. The van der Waals surface area contributed by atoms with Crippen LogP contribution in [0.5, 0.6) is 0 Å². The van der Waals surface area contributed by atoms with Gasteiger partial charge in [-0.25, -0.2) is 0 Å². The van der Waals surface area contributed by atoms with Crippen LogP contribution >= 0.6 is 0 Å². The number of piperazine rings is 1. The molecule has 3 heterocycles. The Kier molecular flexibility index (Phi) is 5.06. The molecule has 1 fully saturated rings. The van der Waals surface area contributed by atoms with Gasteiger partial charge in [-0.1, -0.05) is 41.6 Å². The Balaban J connectivity index is 1.38. The summed E-state index contributed by atoms with van der Waals surface area (Å²) in [6.45, 7) is 2.21. The van der Waals surface area contributed by atoms with Gasteiger partial charge < -0.3 is 20.1 Å². The van der Waals surface area contributed by atoms with E-state index in [1.165, 1.54) is 0 Å². The van der Waals surface area contributed by atoms with Gasteiger partial charge in [0.25, 0.3) is 0 Å². The average Bonchev–Trinajstić information content (AvgIpc) is 3.24. The van der Waals surface area contributed by atoms with Crippen LogP contribution in [-0.2, 0) is 11.3 Å². The third kappa shape index (κ3) is 4.12. The van der Waals surface area contributed by atoms with Crippen molar-refractivity contribution in [3.63, 3.8) is 0 Å². The lowest BCUT2D eigenvalue weighted by atomic mass is 10.2. The lowest BCUT2D eigenvalue weighted by molar-refractivity contribution is -0.123. The molecule has 8 heteroatoms. The fraction of sp³-hybridized carbons (Fsp3) is 0.263. The number of hydrogen-bond acceptors (Lipinski definition) is 7. The van der Waals surface area contributed by atoms with Gasteiger partial charge in [0, 0.05) is 31.4 Å². The van der Waals surface area contributed by atoms with E-state index in [0.717, 1.165) is 11.3 Å². The number of benzene rings is 1. The van der Waals surface area contributed by atoms with Crippen molar-refractivity contribution in [2.75, 3.05) is 24.5 Å². The Hall–Kier alpha value is -3.26. The summed E-state index contributed by atoms with van der Waals surface area (Å²) in [5.74, 6) is 0.466. The van der Waals surface area contributed by atoms with Crippen LogP contribution in [0.2, 0.25) is 0 Å². The van der Waals surface area contributed by atoms with Gasteiger partial charge in [0.1, 0.15) is 6.04 Å². The smallest absolute Gasteiger partial charge is 0.324 e. The Morgan fingerprint density at radius 2 is 2.07 bits per heavy atom. The molecule has 8 nitrogen and oxygen atoms in total. The monoisotopic (exact) mass is 364 g/mol. The van der Waals surface area contributed by atoms with E-state index in [-0.39, 0.29) is 11.9 Å². The highest BCUT2D eigenvalue weighted by Crippen LogP contribution is 2.20. The maximum absolute atomic E-state index is 12.5. The number of aromatic nitrogens is 3.